The lowest BCUT2D eigenvalue weighted by Gasteiger charge is -2.12. The van der Waals surface area contributed by atoms with Gasteiger partial charge in [0.1, 0.15) is 6.10 Å². The van der Waals surface area contributed by atoms with Crippen LogP contribution in [0.25, 0.3) is 0 Å². The summed E-state index contributed by atoms with van der Waals surface area (Å²) in [4.78, 5) is 14.5. The highest BCUT2D eigenvalue weighted by atomic mass is 32.1. The first-order valence-corrected chi connectivity index (χ1v) is 4.42. The minimum absolute atomic E-state index is 0.00893. The van der Waals surface area contributed by atoms with Crippen molar-refractivity contribution in [3.63, 3.8) is 0 Å². The summed E-state index contributed by atoms with van der Waals surface area (Å²) in [7, 11) is 0. The van der Waals surface area contributed by atoms with Crippen LogP contribution in [0.3, 0.4) is 0 Å². The Kier molecular flexibility index (Phi) is 2.31. The first-order chi connectivity index (χ1) is 6.18. The fourth-order valence-corrected chi connectivity index (χ4v) is 1.99. The van der Waals surface area contributed by atoms with Gasteiger partial charge in [0, 0.05) is 0 Å². The topological polar surface area (TPSA) is 70.8 Å². The molecule has 0 aromatic rings. The summed E-state index contributed by atoms with van der Waals surface area (Å²) >= 11 is 4.22. The Morgan fingerprint density at radius 2 is 2.08 bits per heavy atom. The van der Waals surface area contributed by atoms with Gasteiger partial charge in [0.05, 0.1) is 24.6 Å². The monoisotopic (exact) mass is 207 g/mol. The predicted molar refractivity (Wildman–Crippen MR) is 44.1 cm³/mol. The van der Waals surface area contributed by atoms with Crippen molar-refractivity contribution in [1.82, 2.24) is 0 Å². The van der Waals surface area contributed by atoms with E-state index in [-0.39, 0.29) is 24.1 Å². The molecule has 0 radical (unpaired) electrons. The standard InChI is InChI=1S/C6H9NO5S/c8-7(9)12-3-1-10-6-4(13)2-11-5(3)6/h3-6,13H,1-2H2/t3-,4+,5-,6-/m1/s1. The molecule has 0 unspecified atom stereocenters. The molecule has 2 aliphatic rings. The Bertz CT molecular complexity index is 225. The summed E-state index contributed by atoms with van der Waals surface area (Å²) in [5.74, 6) is 0. The molecule has 13 heavy (non-hydrogen) atoms. The van der Waals surface area contributed by atoms with Crippen molar-refractivity contribution >= 4 is 12.6 Å². The highest BCUT2D eigenvalue weighted by Crippen LogP contribution is 2.31. The molecule has 6 nitrogen and oxygen atoms in total. The SMILES string of the molecule is O=[N+]([O-])O[C@@H]1CO[C@H]2[C@@H]1OC[C@@H]2S. The molecule has 2 rings (SSSR count). The Morgan fingerprint density at radius 3 is 2.77 bits per heavy atom. The van der Waals surface area contributed by atoms with E-state index in [4.69, 9.17) is 9.47 Å². The fraction of sp³-hybridized carbons (Fsp3) is 1.00. The maximum atomic E-state index is 10.1. The van der Waals surface area contributed by atoms with E-state index >= 15 is 0 Å². The minimum atomic E-state index is -0.814. The third-order valence-electron chi connectivity index (χ3n) is 2.20. The average molecular weight is 207 g/mol. The molecule has 2 fully saturated rings. The number of ether oxygens (including phenoxy) is 2. The van der Waals surface area contributed by atoms with Gasteiger partial charge in [-0.15, -0.1) is 10.1 Å². The second kappa shape index (κ2) is 3.32. The van der Waals surface area contributed by atoms with Crippen LogP contribution in [0.5, 0.6) is 0 Å². The number of thiol groups is 1. The summed E-state index contributed by atoms with van der Waals surface area (Å²) < 4.78 is 10.5. The maximum Gasteiger partial charge on any atom is 0.294 e. The fourth-order valence-electron chi connectivity index (χ4n) is 1.64. The lowest BCUT2D eigenvalue weighted by Crippen LogP contribution is -2.33. The zero-order chi connectivity index (χ0) is 9.42. The molecule has 0 N–H and O–H groups in total. The summed E-state index contributed by atoms with van der Waals surface area (Å²) in [5, 5.41) is 9.26. The second-order valence-corrected chi connectivity index (χ2v) is 3.69. The molecule has 74 valence electrons. The van der Waals surface area contributed by atoms with E-state index in [1.165, 1.54) is 0 Å². The predicted octanol–water partition coefficient (Wildman–Crippen LogP) is -0.341. The van der Waals surface area contributed by atoms with Crippen molar-refractivity contribution in [3.05, 3.63) is 10.1 Å². The largest absolute Gasteiger partial charge is 0.372 e. The summed E-state index contributed by atoms with van der Waals surface area (Å²) in [6.45, 7) is 0.656. The van der Waals surface area contributed by atoms with Crippen LogP contribution in [0.2, 0.25) is 0 Å². The normalized spacial score (nSPS) is 43.2. The van der Waals surface area contributed by atoms with Crippen molar-refractivity contribution in [2.24, 2.45) is 0 Å². The van der Waals surface area contributed by atoms with Gasteiger partial charge >= 0.3 is 0 Å². The van der Waals surface area contributed by atoms with Crippen LogP contribution in [0.1, 0.15) is 0 Å². The molecule has 2 aliphatic heterocycles. The van der Waals surface area contributed by atoms with E-state index in [0.29, 0.717) is 6.61 Å². The molecule has 2 saturated heterocycles. The maximum absolute atomic E-state index is 10.1. The highest BCUT2D eigenvalue weighted by molar-refractivity contribution is 7.81. The van der Waals surface area contributed by atoms with Crippen molar-refractivity contribution in [2.45, 2.75) is 23.6 Å². The molecule has 0 saturated carbocycles. The van der Waals surface area contributed by atoms with Gasteiger partial charge in [-0.25, -0.2) is 0 Å². The van der Waals surface area contributed by atoms with Crippen LogP contribution in [-0.2, 0) is 14.3 Å². The number of nitrogens with zero attached hydrogens (tertiary/aromatic N) is 1. The highest BCUT2D eigenvalue weighted by Gasteiger charge is 2.48. The second-order valence-electron chi connectivity index (χ2n) is 3.03. The Morgan fingerprint density at radius 1 is 1.38 bits per heavy atom. The molecule has 0 spiro atoms. The van der Waals surface area contributed by atoms with Gasteiger partial charge in [0.15, 0.2) is 6.10 Å². The Balaban J connectivity index is 1.98. The van der Waals surface area contributed by atoms with Crippen molar-refractivity contribution < 1.29 is 19.4 Å². The molecular weight excluding hydrogens is 198 g/mol. The van der Waals surface area contributed by atoms with E-state index < -0.39 is 11.2 Å². The van der Waals surface area contributed by atoms with Crippen molar-refractivity contribution in [1.29, 1.82) is 0 Å². The summed E-state index contributed by atoms with van der Waals surface area (Å²) in [5.41, 5.74) is 0. The van der Waals surface area contributed by atoms with Crippen molar-refractivity contribution in [3.8, 4) is 0 Å². The molecule has 0 aliphatic carbocycles. The molecule has 7 heteroatoms. The van der Waals surface area contributed by atoms with Crippen LogP contribution in [0.4, 0.5) is 0 Å². The summed E-state index contributed by atoms with van der Waals surface area (Å²) in [6.07, 6.45) is -1.11. The number of hydrogen-bond acceptors (Lipinski definition) is 6. The Hall–Kier alpha value is -0.530. The zero-order valence-electron chi connectivity index (χ0n) is 6.66. The lowest BCUT2D eigenvalue weighted by atomic mass is 10.1. The van der Waals surface area contributed by atoms with E-state index in [0.717, 1.165) is 0 Å². The van der Waals surface area contributed by atoms with E-state index in [1.54, 1.807) is 0 Å². The van der Waals surface area contributed by atoms with Crippen LogP contribution >= 0.6 is 12.6 Å². The molecular formula is C6H9NO5S. The van der Waals surface area contributed by atoms with Crippen LogP contribution in [-0.4, -0.2) is 41.9 Å². The van der Waals surface area contributed by atoms with Gasteiger partial charge in [-0.2, -0.15) is 12.6 Å². The van der Waals surface area contributed by atoms with Gasteiger partial charge in [0.25, 0.3) is 5.09 Å². The van der Waals surface area contributed by atoms with E-state index in [1.807, 2.05) is 0 Å². The van der Waals surface area contributed by atoms with Gasteiger partial charge < -0.3 is 14.3 Å². The third-order valence-corrected chi connectivity index (χ3v) is 2.65. The molecule has 0 amide bonds. The quantitative estimate of drug-likeness (QED) is 0.381. The van der Waals surface area contributed by atoms with Gasteiger partial charge in [-0.3, -0.25) is 0 Å². The molecule has 0 bridgehead atoms. The minimum Gasteiger partial charge on any atom is -0.372 e. The van der Waals surface area contributed by atoms with Crippen LogP contribution < -0.4 is 0 Å². The average Bonchev–Trinajstić information content (AvgIpc) is 2.56. The first kappa shape index (κ1) is 9.04. The van der Waals surface area contributed by atoms with Crippen molar-refractivity contribution in [2.75, 3.05) is 13.2 Å². The molecule has 4 atom stereocenters. The van der Waals surface area contributed by atoms with Crippen LogP contribution in [0.15, 0.2) is 0 Å². The number of hydrogen-bond donors (Lipinski definition) is 1. The Labute approximate surface area is 79.7 Å². The molecule has 0 aromatic carbocycles. The molecule has 0 aromatic heterocycles. The number of rotatable bonds is 2. The molecule has 2 heterocycles. The first-order valence-electron chi connectivity index (χ1n) is 3.91. The van der Waals surface area contributed by atoms with Gasteiger partial charge in [-0.05, 0) is 0 Å². The zero-order valence-corrected chi connectivity index (χ0v) is 7.55. The number of fused-ring (bicyclic) bond motifs is 1. The summed E-state index contributed by atoms with van der Waals surface area (Å²) in [6, 6.07) is 0. The van der Waals surface area contributed by atoms with Crippen LogP contribution in [0, 0.1) is 10.1 Å². The third kappa shape index (κ3) is 1.59. The van der Waals surface area contributed by atoms with E-state index in [9.17, 15) is 10.1 Å². The van der Waals surface area contributed by atoms with Gasteiger partial charge in [0.2, 0.25) is 0 Å². The van der Waals surface area contributed by atoms with E-state index in [2.05, 4.69) is 17.5 Å². The smallest absolute Gasteiger partial charge is 0.294 e. The lowest BCUT2D eigenvalue weighted by molar-refractivity contribution is -0.769. The van der Waals surface area contributed by atoms with Gasteiger partial charge in [-0.1, -0.05) is 0 Å².